The average molecular weight is 267 g/mol. The minimum Gasteiger partial charge on any atom is -0.295 e. The number of sulfone groups is 1. The Hall–Kier alpha value is -0.870. The maximum absolute atomic E-state index is 11.5. The van der Waals surface area contributed by atoms with E-state index < -0.39 is 9.84 Å². The Bertz CT molecular complexity index is 493. The summed E-state index contributed by atoms with van der Waals surface area (Å²) in [4.78, 5) is 2.27. The van der Waals surface area contributed by atoms with Gasteiger partial charge in [-0.15, -0.1) is 0 Å². The van der Waals surface area contributed by atoms with E-state index in [1.165, 1.54) is 11.1 Å². The number of hydrogen-bond acceptors (Lipinski definition) is 3. The second kappa shape index (κ2) is 5.41. The van der Waals surface area contributed by atoms with E-state index in [-0.39, 0.29) is 6.04 Å². The first-order chi connectivity index (χ1) is 8.50. The molecule has 4 heteroatoms. The normalized spacial score (nSPS) is 22.5. The van der Waals surface area contributed by atoms with Crippen LogP contribution in [0.1, 0.15) is 24.5 Å². The van der Waals surface area contributed by atoms with Gasteiger partial charge in [-0.2, -0.15) is 0 Å². The Labute approximate surface area is 110 Å². The smallest absolute Gasteiger partial charge is 0.151 e. The molecule has 0 amide bonds. The number of benzene rings is 1. The zero-order valence-corrected chi connectivity index (χ0v) is 11.9. The molecule has 18 heavy (non-hydrogen) atoms. The molecule has 0 unspecified atom stereocenters. The van der Waals surface area contributed by atoms with Crippen LogP contribution in [0, 0.1) is 6.92 Å². The summed E-state index contributed by atoms with van der Waals surface area (Å²) in [5.74, 6) is 0.675. The fraction of sp³-hybridized carbons (Fsp3) is 0.571. The summed E-state index contributed by atoms with van der Waals surface area (Å²) in [5.41, 5.74) is 2.51. The minimum atomic E-state index is -2.79. The fourth-order valence-electron chi connectivity index (χ4n) is 2.49. The van der Waals surface area contributed by atoms with E-state index in [2.05, 4.69) is 43.0 Å². The van der Waals surface area contributed by atoms with Crippen LogP contribution in [0.2, 0.25) is 0 Å². The monoisotopic (exact) mass is 267 g/mol. The second-order valence-corrected chi connectivity index (χ2v) is 7.33. The molecule has 1 aromatic carbocycles. The Morgan fingerprint density at radius 1 is 1.28 bits per heavy atom. The molecule has 1 heterocycles. The molecule has 100 valence electrons. The van der Waals surface area contributed by atoms with Crippen LogP contribution in [0.5, 0.6) is 0 Å². The number of nitrogens with zero attached hydrogens (tertiary/aromatic N) is 1. The van der Waals surface area contributed by atoms with Gasteiger partial charge < -0.3 is 0 Å². The maximum Gasteiger partial charge on any atom is 0.151 e. The Balaban J connectivity index is 2.04. The van der Waals surface area contributed by atoms with Gasteiger partial charge in [0.15, 0.2) is 9.84 Å². The zero-order chi connectivity index (χ0) is 13.2. The van der Waals surface area contributed by atoms with Crippen LogP contribution < -0.4 is 0 Å². The highest BCUT2D eigenvalue weighted by Gasteiger charge is 2.31. The molecule has 0 bridgehead atoms. The van der Waals surface area contributed by atoms with Gasteiger partial charge in [0.2, 0.25) is 0 Å². The van der Waals surface area contributed by atoms with E-state index in [4.69, 9.17) is 0 Å². The lowest BCUT2D eigenvalue weighted by atomic mass is 10.1. The summed E-state index contributed by atoms with van der Waals surface area (Å²) in [6.07, 6.45) is 0.780. The third kappa shape index (κ3) is 3.33. The van der Waals surface area contributed by atoms with Crippen LogP contribution in [0.3, 0.4) is 0 Å². The first-order valence-corrected chi connectivity index (χ1v) is 8.32. The lowest BCUT2D eigenvalue weighted by Gasteiger charge is -2.26. The summed E-state index contributed by atoms with van der Waals surface area (Å²) >= 11 is 0. The quantitative estimate of drug-likeness (QED) is 0.837. The molecular formula is C14H21NO2S. The molecule has 2 rings (SSSR count). The van der Waals surface area contributed by atoms with E-state index in [9.17, 15) is 8.42 Å². The zero-order valence-electron chi connectivity index (χ0n) is 11.1. The Kier molecular flexibility index (Phi) is 4.07. The highest BCUT2D eigenvalue weighted by Crippen LogP contribution is 2.19. The van der Waals surface area contributed by atoms with Crippen molar-refractivity contribution in [2.75, 3.05) is 18.1 Å². The van der Waals surface area contributed by atoms with Crippen molar-refractivity contribution in [2.45, 2.75) is 32.9 Å². The highest BCUT2D eigenvalue weighted by molar-refractivity contribution is 7.91. The Morgan fingerprint density at radius 2 is 1.94 bits per heavy atom. The molecule has 0 aliphatic carbocycles. The van der Waals surface area contributed by atoms with Crippen molar-refractivity contribution in [1.82, 2.24) is 4.90 Å². The van der Waals surface area contributed by atoms with Crippen molar-refractivity contribution in [1.29, 1.82) is 0 Å². The van der Waals surface area contributed by atoms with Crippen molar-refractivity contribution < 1.29 is 8.42 Å². The fourth-order valence-corrected chi connectivity index (χ4v) is 4.25. The van der Waals surface area contributed by atoms with E-state index in [1.807, 2.05) is 0 Å². The van der Waals surface area contributed by atoms with Crippen molar-refractivity contribution >= 4 is 9.84 Å². The molecule has 0 aromatic heterocycles. The first kappa shape index (κ1) is 13.6. The molecule has 0 spiro atoms. The highest BCUT2D eigenvalue weighted by atomic mass is 32.2. The summed E-state index contributed by atoms with van der Waals surface area (Å²) in [7, 11) is -2.79. The van der Waals surface area contributed by atoms with Crippen LogP contribution in [0.4, 0.5) is 0 Å². The van der Waals surface area contributed by atoms with E-state index in [0.29, 0.717) is 11.5 Å². The summed E-state index contributed by atoms with van der Waals surface area (Å²) in [5, 5.41) is 0. The van der Waals surface area contributed by atoms with E-state index >= 15 is 0 Å². The predicted molar refractivity (Wildman–Crippen MR) is 74.3 cm³/mol. The van der Waals surface area contributed by atoms with Gasteiger partial charge in [0.1, 0.15) is 0 Å². The molecule has 0 radical (unpaired) electrons. The van der Waals surface area contributed by atoms with Gasteiger partial charge in [0.05, 0.1) is 11.5 Å². The molecule has 3 nitrogen and oxygen atoms in total. The Morgan fingerprint density at radius 3 is 2.44 bits per heavy atom. The maximum atomic E-state index is 11.5. The lowest BCUT2D eigenvalue weighted by molar-refractivity contribution is 0.215. The number of aryl methyl sites for hydroxylation is 1. The van der Waals surface area contributed by atoms with Gasteiger partial charge in [-0.3, -0.25) is 4.90 Å². The van der Waals surface area contributed by atoms with Crippen LogP contribution in [0.25, 0.3) is 0 Å². The van der Waals surface area contributed by atoms with Gasteiger partial charge in [-0.1, -0.05) is 36.8 Å². The number of rotatable bonds is 4. The summed E-state index contributed by atoms with van der Waals surface area (Å²) in [6, 6.07) is 8.66. The largest absolute Gasteiger partial charge is 0.295 e. The molecule has 1 aliphatic heterocycles. The molecule has 0 saturated carbocycles. The molecule has 0 N–H and O–H groups in total. The van der Waals surface area contributed by atoms with Gasteiger partial charge in [0, 0.05) is 12.6 Å². The molecule has 1 aliphatic rings. The van der Waals surface area contributed by atoms with Gasteiger partial charge in [-0.25, -0.2) is 8.42 Å². The first-order valence-electron chi connectivity index (χ1n) is 6.50. The van der Waals surface area contributed by atoms with Gasteiger partial charge >= 0.3 is 0 Å². The average Bonchev–Trinajstić information content (AvgIpc) is 2.69. The van der Waals surface area contributed by atoms with Crippen LogP contribution in [-0.2, 0) is 16.4 Å². The molecular weight excluding hydrogens is 246 g/mol. The summed E-state index contributed by atoms with van der Waals surface area (Å²) < 4.78 is 23.1. The summed E-state index contributed by atoms with van der Waals surface area (Å²) in [6.45, 7) is 5.91. The standard InChI is InChI=1S/C14H21NO2S/c1-3-15(14-8-9-18(16,17)11-14)10-13-6-4-12(2)5-7-13/h4-7,14H,3,8-11H2,1-2H3/t14-/m1/s1. The second-order valence-electron chi connectivity index (χ2n) is 5.11. The van der Waals surface area contributed by atoms with Crippen molar-refractivity contribution in [3.8, 4) is 0 Å². The molecule has 1 fully saturated rings. The third-order valence-electron chi connectivity index (χ3n) is 3.64. The third-order valence-corrected chi connectivity index (χ3v) is 5.39. The molecule has 1 aromatic rings. The SMILES string of the molecule is CCN(Cc1ccc(C)cc1)[C@@H]1CCS(=O)(=O)C1. The molecule has 1 atom stereocenters. The van der Waals surface area contributed by atoms with Crippen LogP contribution in [-0.4, -0.2) is 37.4 Å². The number of hydrogen-bond donors (Lipinski definition) is 0. The topological polar surface area (TPSA) is 37.4 Å². The van der Waals surface area contributed by atoms with Crippen molar-refractivity contribution in [3.63, 3.8) is 0 Å². The van der Waals surface area contributed by atoms with E-state index in [0.717, 1.165) is 19.5 Å². The van der Waals surface area contributed by atoms with Gasteiger partial charge in [-0.05, 0) is 25.5 Å². The minimum absolute atomic E-state index is 0.196. The molecule has 1 saturated heterocycles. The predicted octanol–water partition coefficient (Wildman–Crippen LogP) is 2.00. The van der Waals surface area contributed by atoms with Crippen molar-refractivity contribution in [3.05, 3.63) is 35.4 Å². The van der Waals surface area contributed by atoms with Crippen LogP contribution >= 0.6 is 0 Å². The van der Waals surface area contributed by atoms with Gasteiger partial charge in [0.25, 0.3) is 0 Å². The van der Waals surface area contributed by atoms with Crippen molar-refractivity contribution in [2.24, 2.45) is 0 Å². The lowest BCUT2D eigenvalue weighted by Crippen LogP contribution is -2.35. The van der Waals surface area contributed by atoms with Crippen LogP contribution in [0.15, 0.2) is 24.3 Å². The van der Waals surface area contributed by atoms with E-state index in [1.54, 1.807) is 0 Å².